The Labute approximate surface area is 214 Å². The molecule has 0 bridgehead atoms. The molecule has 5 heteroatoms. The molecule has 2 nitrogen and oxygen atoms in total. The van der Waals surface area contributed by atoms with Gasteiger partial charge in [-0.2, -0.15) is 0 Å². The summed E-state index contributed by atoms with van der Waals surface area (Å²) in [7, 11) is 11.6. The molecule has 4 aromatic rings. The molecule has 33 heavy (non-hydrogen) atoms. The predicted molar refractivity (Wildman–Crippen MR) is 137 cm³/mol. The van der Waals surface area contributed by atoms with Gasteiger partial charge in [-0.05, 0) is 29.2 Å². The van der Waals surface area contributed by atoms with Gasteiger partial charge in [0, 0.05) is 29.8 Å². The van der Waals surface area contributed by atoms with E-state index in [4.69, 9.17) is 17.0 Å². The SMILES string of the molecule is CN=Cc1c(-c2ccccc2)ccc(C(C)(c2ccccc2)c2ccccc2)c1O.[Cl][Zr][Cl]. The van der Waals surface area contributed by atoms with Crippen molar-refractivity contribution in [1.82, 2.24) is 0 Å². The van der Waals surface area contributed by atoms with Gasteiger partial charge in [0.05, 0.1) is 0 Å². The fourth-order valence-electron chi connectivity index (χ4n) is 4.16. The minimum absolute atomic E-state index is 0.261. The van der Waals surface area contributed by atoms with E-state index in [2.05, 4.69) is 54.4 Å². The van der Waals surface area contributed by atoms with Gasteiger partial charge in [-0.1, -0.05) is 103 Å². The Kier molecular flexibility index (Phi) is 9.50. The summed E-state index contributed by atoms with van der Waals surface area (Å²) in [6.07, 6.45) is 1.75. The number of halogens is 2. The number of nitrogens with zero attached hydrogens (tertiary/aromatic N) is 1. The number of aliphatic imine (C=N–C) groups is 1. The van der Waals surface area contributed by atoms with E-state index in [1.54, 1.807) is 13.3 Å². The van der Waals surface area contributed by atoms with Crippen molar-refractivity contribution in [3.63, 3.8) is 0 Å². The average Bonchev–Trinajstić information content (AvgIpc) is 2.87. The Morgan fingerprint density at radius 1 is 0.758 bits per heavy atom. The number of benzene rings is 4. The number of phenols is 1. The van der Waals surface area contributed by atoms with Crippen LogP contribution in [0.25, 0.3) is 11.1 Å². The van der Waals surface area contributed by atoms with Gasteiger partial charge < -0.3 is 5.11 Å². The van der Waals surface area contributed by atoms with Gasteiger partial charge in [-0.3, -0.25) is 4.99 Å². The maximum absolute atomic E-state index is 11.5. The molecule has 4 aromatic carbocycles. The monoisotopic (exact) mass is 551 g/mol. The molecule has 166 valence electrons. The predicted octanol–water partition coefficient (Wildman–Crippen LogP) is 7.84. The van der Waals surface area contributed by atoms with Crippen LogP contribution in [0.1, 0.15) is 29.2 Å². The fraction of sp³-hybridized carbons (Fsp3) is 0.107. The zero-order chi connectivity index (χ0) is 23.7. The van der Waals surface area contributed by atoms with Crippen LogP contribution in [0.15, 0.2) is 108 Å². The first-order valence-electron chi connectivity index (χ1n) is 10.5. The second kappa shape index (κ2) is 12.3. The van der Waals surface area contributed by atoms with Crippen LogP contribution in [0.3, 0.4) is 0 Å². The number of phenolic OH excluding ortho intramolecular Hbond substituents is 1. The summed E-state index contributed by atoms with van der Waals surface area (Å²) in [5, 5.41) is 11.5. The maximum atomic E-state index is 11.5. The first-order chi connectivity index (χ1) is 16.1. The van der Waals surface area contributed by atoms with Crippen molar-refractivity contribution in [2.45, 2.75) is 12.3 Å². The second-order valence-electron chi connectivity index (χ2n) is 7.60. The Morgan fingerprint density at radius 2 is 1.21 bits per heavy atom. The summed E-state index contributed by atoms with van der Waals surface area (Å²) in [4.78, 5) is 4.24. The number of rotatable bonds is 5. The molecule has 1 N–H and O–H groups in total. The second-order valence-corrected chi connectivity index (χ2v) is 11.3. The van der Waals surface area contributed by atoms with Crippen LogP contribution in [0.4, 0.5) is 0 Å². The van der Waals surface area contributed by atoms with Gasteiger partial charge in [0.2, 0.25) is 0 Å². The van der Waals surface area contributed by atoms with E-state index < -0.39 is 26.3 Å². The molecule has 0 aliphatic rings. The molecule has 0 saturated heterocycles. The zero-order valence-electron chi connectivity index (χ0n) is 18.5. The number of aromatic hydroxyl groups is 1. The molecule has 0 spiro atoms. The normalized spacial score (nSPS) is 11.0. The van der Waals surface area contributed by atoms with Crippen LogP contribution in [0.2, 0.25) is 0 Å². The average molecular weight is 554 g/mol. The summed E-state index contributed by atoms with van der Waals surface area (Å²) < 4.78 is 0. The van der Waals surface area contributed by atoms with Gasteiger partial charge in [-0.15, -0.1) is 0 Å². The molecule has 0 heterocycles. The first kappa shape index (κ1) is 25.4. The van der Waals surface area contributed by atoms with E-state index in [1.807, 2.05) is 60.7 Å². The van der Waals surface area contributed by atoms with Crippen LogP contribution in [-0.2, 0) is 26.3 Å². The van der Waals surface area contributed by atoms with Crippen molar-refractivity contribution in [3.05, 3.63) is 125 Å². The molecule has 4 rings (SSSR count). The van der Waals surface area contributed by atoms with Crippen molar-refractivity contribution in [1.29, 1.82) is 0 Å². The van der Waals surface area contributed by atoms with Crippen LogP contribution >= 0.6 is 17.0 Å². The molecule has 0 aromatic heterocycles. The van der Waals surface area contributed by atoms with E-state index in [0.717, 1.165) is 33.4 Å². The van der Waals surface area contributed by atoms with Crippen LogP contribution in [0.5, 0.6) is 5.75 Å². The van der Waals surface area contributed by atoms with E-state index in [1.165, 1.54) is 0 Å². The van der Waals surface area contributed by atoms with Crippen molar-refractivity contribution in [3.8, 4) is 16.9 Å². The van der Waals surface area contributed by atoms with Crippen LogP contribution in [0, 0.1) is 0 Å². The Hall–Kier alpha value is -2.19. The quantitative estimate of drug-likeness (QED) is 0.198. The van der Waals surface area contributed by atoms with Gasteiger partial charge in [0.15, 0.2) is 0 Å². The van der Waals surface area contributed by atoms with Gasteiger partial charge >= 0.3 is 37.9 Å². The third-order valence-electron chi connectivity index (χ3n) is 5.80. The van der Waals surface area contributed by atoms with Crippen LogP contribution < -0.4 is 0 Å². The molecule has 0 aliphatic heterocycles. The minimum atomic E-state index is -0.826. The Morgan fingerprint density at radius 3 is 1.67 bits per heavy atom. The summed E-state index contributed by atoms with van der Waals surface area (Å²) >= 11 is -0.826. The molecule has 0 atom stereocenters. The summed E-state index contributed by atoms with van der Waals surface area (Å²) in [5.41, 5.74) is 5.34. The van der Waals surface area contributed by atoms with Gasteiger partial charge in [0.1, 0.15) is 5.75 Å². The summed E-state index contributed by atoms with van der Waals surface area (Å²) in [5.74, 6) is 0.261. The molecule has 0 radical (unpaired) electrons. The standard InChI is InChI=1S/C28H25NO.2ClH.Zr/c1-28(22-14-8-4-9-15-22,23-16-10-5-11-17-23)26-19-18-24(21-12-6-3-7-13-21)25(20-29-2)27(26)30;;;/h3-20,30H,1-2H3;2*1H;/q;;;+2/p-2. The third kappa shape index (κ3) is 5.66. The fourth-order valence-corrected chi connectivity index (χ4v) is 4.16. The first-order valence-corrected chi connectivity index (χ1v) is 16.8. The van der Waals surface area contributed by atoms with Gasteiger partial charge in [-0.25, -0.2) is 0 Å². The zero-order valence-corrected chi connectivity index (χ0v) is 22.5. The van der Waals surface area contributed by atoms with Gasteiger partial charge in [0.25, 0.3) is 0 Å². The number of hydrogen-bond acceptors (Lipinski definition) is 2. The van der Waals surface area contributed by atoms with Crippen LogP contribution in [-0.4, -0.2) is 18.4 Å². The molecule has 0 amide bonds. The van der Waals surface area contributed by atoms with Crippen molar-refractivity contribution < 1.29 is 26.0 Å². The Bertz CT molecular complexity index is 1140. The molecule has 0 fully saturated rings. The van der Waals surface area contributed by atoms with E-state index in [0.29, 0.717) is 0 Å². The van der Waals surface area contributed by atoms with Crippen molar-refractivity contribution >= 4 is 23.2 Å². The Balaban J connectivity index is 0.000000968. The molecule has 0 unspecified atom stereocenters. The molecule has 0 aliphatic carbocycles. The number of hydrogen-bond donors (Lipinski definition) is 1. The third-order valence-corrected chi connectivity index (χ3v) is 5.80. The van der Waals surface area contributed by atoms with Crippen molar-refractivity contribution in [2.75, 3.05) is 7.05 Å². The molecule has 0 saturated carbocycles. The molecular formula is C28H25Cl2NOZr. The summed E-state index contributed by atoms with van der Waals surface area (Å²) in [6.45, 7) is 2.17. The summed E-state index contributed by atoms with van der Waals surface area (Å²) in [6, 6.07) is 34.9. The van der Waals surface area contributed by atoms with Crippen molar-refractivity contribution in [2.24, 2.45) is 4.99 Å². The van der Waals surface area contributed by atoms with E-state index in [-0.39, 0.29) is 5.75 Å². The van der Waals surface area contributed by atoms with E-state index in [9.17, 15) is 5.11 Å². The molecular weight excluding hydrogens is 528 g/mol. The topological polar surface area (TPSA) is 32.6 Å². The van der Waals surface area contributed by atoms with E-state index >= 15 is 0 Å².